The summed E-state index contributed by atoms with van der Waals surface area (Å²) in [7, 11) is 3.88. The molecule has 0 bridgehead atoms. The van der Waals surface area contributed by atoms with E-state index in [-0.39, 0.29) is 18.2 Å². The van der Waals surface area contributed by atoms with Crippen molar-refractivity contribution in [1.82, 2.24) is 19.9 Å². The molecule has 0 aliphatic carbocycles. The lowest BCUT2D eigenvalue weighted by Crippen LogP contribution is -2.36. The third kappa shape index (κ3) is 6.90. The highest BCUT2D eigenvalue weighted by atomic mass is 16.5. The first-order valence-corrected chi connectivity index (χ1v) is 13.2. The van der Waals surface area contributed by atoms with E-state index in [1.807, 2.05) is 55.4 Å². The molecule has 0 unspecified atom stereocenters. The van der Waals surface area contributed by atoms with Crippen LogP contribution in [0.15, 0.2) is 73.1 Å². The van der Waals surface area contributed by atoms with E-state index in [0.29, 0.717) is 31.1 Å². The molecule has 1 fully saturated rings. The lowest BCUT2D eigenvalue weighted by atomic mass is 10.1. The van der Waals surface area contributed by atoms with E-state index in [2.05, 4.69) is 36.6 Å². The van der Waals surface area contributed by atoms with Crippen molar-refractivity contribution < 1.29 is 14.3 Å². The third-order valence-electron chi connectivity index (χ3n) is 6.52. The van der Waals surface area contributed by atoms with Crippen molar-refractivity contribution in [2.45, 2.75) is 6.42 Å². The summed E-state index contributed by atoms with van der Waals surface area (Å²) in [4.78, 5) is 41.2. The summed E-state index contributed by atoms with van der Waals surface area (Å²) < 4.78 is 5.47. The molecule has 10 nitrogen and oxygen atoms in total. The number of aromatic nitrogens is 3. The molecule has 3 heterocycles. The van der Waals surface area contributed by atoms with E-state index in [4.69, 9.17) is 4.74 Å². The molecule has 40 heavy (non-hydrogen) atoms. The second kappa shape index (κ2) is 12.5. The lowest BCUT2D eigenvalue weighted by molar-refractivity contribution is -0.115. The Morgan fingerprint density at radius 1 is 1.00 bits per heavy atom. The van der Waals surface area contributed by atoms with Gasteiger partial charge in [0.05, 0.1) is 25.0 Å². The van der Waals surface area contributed by atoms with E-state index in [1.165, 1.54) is 6.08 Å². The quantitative estimate of drug-likeness (QED) is 0.278. The van der Waals surface area contributed by atoms with E-state index in [1.54, 1.807) is 24.5 Å². The van der Waals surface area contributed by atoms with Crippen LogP contribution in [-0.2, 0) is 20.7 Å². The van der Waals surface area contributed by atoms with Gasteiger partial charge in [-0.25, -0.2) is 9.97 Å². The van der Waals surface area contributed by atoms with Crippen molar-refractivity contribution in [2.24, 2.45) is 0 Å². The zero-order chi connectivity index (χ0) is 27.9. The molecule has 2 aromatic carbocycles. The Balaban J connectivity index is 1.17. The van der Waals surface area contributed by atoms with E-state index in [9.17, 15) is 9.59 Å². The number of nitrogens with one attached hydrogen (secondary N) is 3. The van der Waals surface area contributed by atoms with Crippen LogP contribution in [0, 0.1) is 0 Å². The van der Waals surface area contributed by atoms with Crippen LogP contribution < -0.4 is 15.5 Å². The SMILES string of the molecule is CN(C)C/C=C/C(=O)Nc1ccc(CC(=O)Nc2ccc(-c3cc4c(N5CCOCC5)ncnc4[nH]3)cc2)cc1. The summed E-state index contributed by atoms with van der Waals surface area (Å²) in [6, 6.07) is 17.0. The summed E-state index contributed by atoms with van der Waals surface area (Å²) in [5.74, 6) is 0.604. The minimum atomic E-state index is -0.186. The molecule has 0 atom stereocenters. The standard InChI is InChI=1S/C30H33N7O3/c1-36(2)13-3-4-27(38)33-23-9-5-21(6-10-23)18-28(39)34-24-11-7-22(8-12-24)26-19-25-29(35-26)31-20-32-30(25)37-14-16-40-17-15-37/h3-12,19-20H,13-18H2,1-2H3,(H,33,38)(H,34,39)(H,31,32,35)/b4-3+. The number of ether oxygens (including phenoxy) is 1. The monoisotopic (exact) mass is 539 g/mol. The Hall–Kier alpha value is -4.54. The highest BCUT2D eigenvalue weighted by Gasteiger charge is 2.17. The molecule has 1 saturated heterocycles. The fourth-order valence-corrected chi connectivity index (χ4v) is 4.49. The maximum Gasteiger partial charge on any atom is 0.248 e. The number of carbonyl (C=O) groups is 2. The second-order valence-electron chi connectivity index (χ2n) is 9.90. The van der Waals surface area contributed by atoms with Gasteiger partial charge >= 0.3 is 0 Å². The highest BCUT2D eigenvalue weighted by Crippen LogP contribution is 2.29. The number of H-pyrrole nitrogens is 1. The van der Waals surface area contributed by atoms with Gasteiger partial charge in [0.1, 0.15) is 17.8 Å². The average molecular weight is 540 g/mol. The van der Waals surface area contributed by atoms with Gasteiger partial charge in [-0.15, -0.1) is 0 Å². The predicted molar refractivity (Wildman–Crippen MR) is 157 cm³/mol. The zero-order valence-corrected chi connectivity index (χ0v) is 22.7. The number of rotatable bonds is 9. The summed E-state index contributed by atoms with van der Waals surface area (Å²) in [5, 5.41) is 6.75. The lowest BCUT2D eigenvalue weighted by Gasteiger charge is -2.27. The first-order chi connectivity index (χ1) is 19.4. The number of fused-ring (bicyclic) bond motifs is 1. The van der Waals surface area contributed by atoms with Crippen molar-refractivity contribution in [2.75, 3.05) is 62.5 Å². The van der Waals surface area contributed by atoms with Crippen LogP contribution in [0.1, 0.15) is 5.56 Å². The number of hydrogen-bond donors (Lipinski definition) is 3. The van der Waals surface area contributed by atoms with Crippen molar-refractivity contribution in [3.63, 3.8) is 0 Å². The van der Waals surface area contributed by atoms with E-state index >= 15 is 0 Å². The smallest absolute Gasteiger partial charge is 0.248 e. The molecular weight excluding hydrogens is 506 g/mol. The molecule has 10 heteroatoms. The first kappa shape index (κ1) is 27.0. The molecule has 2 aromatic heterocycles. The van der Waals surface area contributed by atoms with Crippen LogP contribution in [-0.4, -0.2) is 78.6 Å². The second-order valence-corrected chi connectivity index (χ2v) is 9.90. The van der Waals surface area contributed by atoms with Gasteiger partial charge in [-0.3, -0.25) is 9.59 Å². The molecule has 206 valence electrons. The van der Waals surface area contributed by atoms with Crippen molar-refractivity contribution in [3.05, 3.63) is 78.6 Å². The summed E-state index contributed by atoms with van der Waals surface area (Å²) >= 11 is 0. The number of hydrogen-bond acceptors (Lipinski definition) is 7. The van der Waals surface area contributed by atoms with Crippen molar-refractivity contribution in [3.8, 4) is 11.3 Å². The Morgan fingerprint density at radius 3 is 2.42 bits per heavy atom. The minimum Gasteiger partial charge on any atom is -0.378 e. The minimum absolute atomic E-state index is 0.118. The van der Waals surface area contributed by atoms with Gasteiger partial charge in [-0.05, 0) is 55.6 Å². The number of carbonyl (C=O) groups excluding carboxylic acids is 2. The van der Waals surface area contributed by atoms with Crippen LogP contribution in [0.5, 0.6) is 0 Å². The molecular formula is C30H33N7O3. The molecule has 4 aromatic rings. The number of aromatic amines is 1. The largest absolute Gasteiger partial charge is 0.378 e. The maximum absolute atomic E-state index is 12.6. The third-order valence-corrected chi connectivity index (χ3v) is 6.52. The van der Waals surface area contributed by atoms with Gasteiger partial charge in [-0.2, -0.15) is 0 Å². The number of morpholine rings is 1. The molecule has 5 rings (SSSR count). The predicted octanol–water partition coefficient (Wildman–Crippen LogP) is 3.70. The molecule has 2 amide bonds. The van der Waals surface area contributed by atoms with E-state index in [0.717, 1.165) is 46.8 Å². The Bertz CT molecular complexity index is 1490. The first-order valence-electron chi connectivity index (χ1n) is 13.2. The van der Waals surface area contributed by atoms with E-state index < -0.39 is 0 Å². The average Bonchev–Trinajstić information content (AvgIpc) is 3.39. The molecule has 1 aliphatic rings. The number of benzene rings is 2. The van der Waals surface area contributed by atoms with Crippen LogP contribution in [0.4, 0.5) is 17.2 Å². The zero-order valence-electron chi connectivity index (χ0n) is 22.7. The molecule has 0 saturated carbocycles. The normalized spacial score (nSPS) is 13.7. The van der Waals surface area contributed by atoms with Crippen LogP contribution >= 0.6 is 0 Å². The summed E-state index contributed by atoms with van der Waals surface area (Å²) in [5.41, 5.74) is 4.95. The highest BCUT2D eigenvalue weighted by molar-refractivity contribution is 5.99. The summed E-state index contributed by atoms with van der Waals surface area (Å²) in [6.07, 6.45) is 5.13. The molecule has 1 aliphatic heterocycles. The number of anilines is 3. The van der Waals surface area contributed by atoms with Crippen LogP contribution in [0.3, 0.4) is 0 Å². The number of amides is 2. The van der Waals surface area contributed by atoms with Crippen molar-refractivity contribution >= 4 is 40.0 Å². The molecule has 3 N–H and O–H groups in total. The fourth-order valence-electron chi connectivity index (χ4n) is 4.49. The van der Waals surface area contributed by atoms with Gasteiger partial charge in [0.2, 0.25) is 11.8 Å². The fraction of sp³-hybridized carbons (Fsp3) is 0.267. The number of likely N-dealkylation sites (N-methyl/N-ethyl adjacent to an activating group) is 1. The van der Waals surface area contributed by atoms with Gasteiger partial charge < -0.3 is 30.2 Å². The Labute approximate surface area is 233 Å². The van der Waals surface area contributed by atoms with Crippen molar-refractivity contribution in [1.29, 1.82) is 0 Å². The number of nitrogens with zero attached hydrogens (tertiary/aromatic N) is 4. The molecule has 0 radical (unpaired) electrons. The topological polar surface area (TPSA) is 115 Å². The molecule has 0 spiro atoms. The summed E-state index contributed by atoms with van der Waals surface area (Å²) in [6.45, 7) is 3.68. The Kier molecular flexibility index (Phi) is 8.48. The maximum atomic E-state index is 12.6. The van der Waals surface area contributed by atoms with Gasteiger partial charge in [-0.1, -0.05) is 30.3 Å². The van der Waals surface area contributed by atoms with Crippen LogP contribution in [0.2, 0.25) is 0 Å². The van der Waals surface area contributed by atoms with Gasteiger partial charge in [0.15, 0.2) is 0 Å². The van der Waals surface area contributed by atoms with Gasteiger partial charge in [0, 0.05) is 42.8 Å². The van der Waals surface area contributed by atoms with Crippen LogP contribution in [0.25, 0.3) is 22.3 Å². The Morgan fingerprint density at radius 2 is 1.70 bits per heavy atom. The van der Waals surface area contributed by atoms with Gasteiger partial charge in [0.25, 0.3) is 0 Å².